The molecule has 0 atom stereocenters. The Bertz CT molecular complexity index is 557. The molecule has 0 aliphatic carbocycles. The predicted molar refractivity (Wildman–Crippen MR) is 81.9 cm³/mol. The van der Waals surface area contributed by atoms with Crippen LogP contribution in [0.3, 0.4) is 0 Å². The number of aryl methyl sites for hydroxylation is 2. The summed E-state index contributed by atoms with van der Waals surface area (Å²) in [4.78, 5) is 6.85. The van der Waals surface area contributed by atoms with Crippen molar-refractivity contribution in [3.8, 4) is 0 Å². The van der Waals surface area contributed by atoms with Gasteiger partial charge in [-0.3, -0.25) is 0 Å². The fourth-order valence-corrected chi connectivity index (χ4v) is 2.20. The van der Waals surface area contributed by atoms with Gasteiger partial charge < -0.3 is 14.8 Å². The summed E-state index contributed by atoms with van der Waals surface area (Å²) >= 11 is 0. The summed E-state index contributed by atoms with van der Waals surface area (Å²) in [5, 5.41) is 3.44. The summed E-state index contributed by atoms with van der Waals surface area (Å²) in [5.41, 5.74) is 3.48. The summed E-state index contributed by atoms with van der Waals surface area (Å²) < 4.78 is 2.12. The average molecular weight is 260 g/mol. The molecule has 1 N–H and O–H groups in total. The Labute approximate surface area is 115 Å². The SMILES string of the molecule is Cc1nc2cc(N(C)CCNC(C)C)ccc2n1C. The normalized spacial score (nSPS) is 11.5. The molecule has 0 fully saturated rings. The molecule has 0 aliphatic heterocycles. The molecule has 2 aromatic rings. The van der Waals surface area contributed by atoms with E-state index >= 15 is 0 Å². The maximum atomic E-state index is 4.58. The molecular weight excluding hydrogens is 236 g/mol. The molecule has 0 bridgehead atoms. The summed E-state index contributed by atoms with van der Waals surface area (Å²) in [7, 11) is 4.18. The van der Waals surface area contributed by atoms with Crippen molar-refractivity contribution in [2.75, 3.05) is 25.0 Å². The molecule has 4 nitrogen and oxygen atoms in total. The Morgan fingerprint density at radius 1 is 1.37 bits per heavy atom. The summed E-state index contributed by atoms with van der Waals surface area (Å²) in [5.74, 6) is 1.05. The molecule has 19 heavy (non-hydrogen) atoms. The fraction of sp³-hybridized carbons (Fsp3) is 0.533. The Morgan fingerprint density at radius 3 is 2.79 bits per heavy atom. The molecule has 1 aromatic heterocycles. The first kappa shape index (κ1) is 13.9. The highest BCUT2D eigenvalue weighted by molar-refractivity contribution is 5.80. The lowest BCUT2D eigenvalue weighted by atomic mass is 10.2. The van der Waals surface area contributed by atoms with Gasteiger partial charge in [-0.15, -0.1) is 0 Å². The summed E-state index contributed by atoms with van der Waals surface area (Å²) in [6, 6.07) is 7.02. The Balaban J connectivity index is 2.12. The van der Waals surface area contributed by atoms with Crippen molar-refractivity contribution >= 4 is 16.7 Å². The maximum Gasteiger partial charge on any atom is 0.106 e. The zero-order chi connectivity index (χ0) is 14.0. The van der Waals surface area contributed by atoms with Gasteiger partial charge in [0.05, 0.1) is 11.0 Å². The quantitative estimate of drug-likeness (QED) is 0.895. The van der Waals surface area contributed by atoms with Gasteiger partial charge in [0.1, 0.15) is 5.82 Å². The molecule has 0 saturated heterocycles. The highest BCUT2D eigenvalue weighted by Crippen LogP contribution is 2.21. The van der Waals surface area contributed by atoms with Gasteiger partial charge in [-0.2, -0.15) is 0 Å². The van der Waals surface area contributed by atoms with E-state index in [-0.39, 0.29) is 0 Å². The second kappa shape index (κ2) is 5.61. The number of rotatable bonds is 5. The second-order valence-corrected chi connectivity index (χ2v) is 5.42. The number of hydrogen-bond donors (Lipinski definition) is 1. The fourth-order valence-electron chi connectivity index (χ4n) is 2.20. The molecule has 2 rings (SSSR count). The molecule has 1 aromatic carbocycles. The standard InChI is InChI=1S/C15H24N4/c1-11(2)16-8-9-18(4)13-6-7-15-14(10-13)17-12(3)19(15)5/h6-7,10-11,16H,8-9H2,1-5H3. The van der Waals surface area contributed by atoms with Gasteiger partial charge in [-0.05, 0) is 25.1 Å². The van der Waals surface area contributed by atoms with Gasteiger partial charge in [-0.25, -0.2) is 4.98 Å². The van der Waals surface area contributed by atoms with Crippen LogP contribution >= 0.6 is 0 Å². The van der Waals surface area contributed by atoms with Crippen molar-refractivity contribution in [1.29, 1.82) is 0 Å². The Morgan fingerprint density at radius 2 is 2.11 bits per heavy atom. The van der Waals surface area contributed by atoms with Gasteiger partial charge in [0.2, 0.25) is 0 Å². The summed E-state index contributed by atoms with van der Waals surface area (Å²) in [6.45, 7) is 8.37. The molecule has 0 spiro atoms. The third-order valence-corrected chi connectivity index (χ3v) is 3.53. The Hall–Kier alpha value is -1.55. The van der Waals surface area contributed by atoms with Crippen molar-refractivity contribution in [2.45, 2.75) is 26.8 Å². The van der Waals surface area contributed by atoms with Crippen LogP contribution in [0.25, 0.3) is 11.0 Å². The van der Waals surface area contributed by atoms with Crippen LogP contribution < -0.4 is 10.2 Å². The third-order valence-electron chi connectivity index (χ3n) is 3.53. The second-order valence-electron chi connectivity index (χ2n) is 5.42. The van der Waals surface area contributed by atoms with Gasteiger partial charge >= 0.3 is 0 Å². The minimum atomic E-state index is 0.536. The van der Waals surface area contributed by atoms with E-state index in [1.807, 2.05) is 6.92 Å². The number of aromatic nitrogens is 2. The lowest BCUT2D eigenvalue weighted by Crippen LogP contribution is -2.32. The largest absolute Gasteiger partial charge is 0.373 e. The van der Waals surface area contributed by atoms with Gasteiger partial charge in [0.25, 0.3) is 0 Å². The Kier molecular flexibility index (Phi) is 4.10. The van der Waals surface area contributed by atoms with Crippen molar-refractivity contribution in [3.05, 3.63) is 24.0 Å². The van der Waals surface area contributed by atoms with Crippen LogP contribution in [-0.4, -0.2) is 35.7 Å². The number of hydrogen-bond acceptors (Lipinski definition) is 3. The van der Waals surface area contributed by atoms with E-state index < -0.39 is 0 Å². The predicted octanol–water partition coefficient (Wildman–Crippen LogP) is 2.32. The maximum absolute atomic E-state index is 4.58. The van der Waals surface area contributed by atoms with E-state index in [0.29, 0.717) is 6.04 Å². The van der Waals surface area contributed by atoms with Crippen molar-refractivity contribution in [3.63, 3.8) is 0 Å². The monoisotopic (exact) mass is 260 g/mol. The molecule has 4 heteroatoms. The van der Waals surface area contributed by atoms with Gasteiger partial charge in [0.15, 0.2) is 0 Å². The van der Waals surface area contributed by atoms with Gasteiger partial charge in [-0.1, -0.05) is 13.8 Å². The first-order valence-corrected chi connectivity index (χ1v) is 6.86. The number of likely N-dealkylation sites (N-methyl/N-ethyl adjacent to an activating group) is 1. The van der Waals surface area contributed by atoms with E-state index in [0.717, 1.165) is 24.4 Å². The average Bonchev–Trinajstić information content (AvgIpc) is 2.64. The first-order valence-electron chi connectivity index (χ1n) is 6.86. The van der Waals surface area contributed by atoms with E-state index in [2.05, 4.69) is 65.9 Å². The van der Waals surface area contributed by atoms with Crippen LogP contribution in [0.1, 0.15) is 19.7 Å². The van der Waals surface area contributed by atoms with Crippen LogP contribution in [0.2, 0.25) is 0 Å². The topological polar surface area (TPSA) is 33.1 Å². The lowest BCUT2D eigenvalue weighted by Gasteiger charge is -2.20. The number of imidazole rings is 1. The minimum absolute atomic E-state index is 0.536. The molecule has 104 valence electrons. The van der Waals surface area contributed by atoms with Crippen molar-refractivity contribution in [2.24, 2.45) is 7.05 Å². The minimum Gasteiger partial charge on any atom is -0.373 e. The number of nitrogens with zero attached hydrogens (tertiary/aromatic N) is 3. The highest BCUT2D eigenvalue weighted by Gasteiger charge is 2.07. The van der Waals surface area contributed by atoms with E-state index in [9.17, 15) is 0 Å². The molecular formula is C15H24N4. The molecule has 1 heterocycles. The highest BCUT2D eigenvalue weighted by atomic mass is 15.1. The van der Waals surface area contributed by atoms with Crippen molar-refractivity contribution in [1.82, 2.24) is 14.9 Å². The van der Waals surface area contributed by atoms with E-state index in [1.165, 1.54) is 11.2 Å². The number of benzene rings is 1. The van der Waals surface area contributed by atoms with E-state index in [1.54, 1.807) is 0 Å². The number of fused-ring (bicyclic) bond motifs is 1. The zero-order valence-corrected chi connectivity index (χ0v) is 12.6. The van der Waals surface area contributed by atoms with E-state index in [4.69, 9.17) is 0 Å². The molecule has 0 radical (unpaired) electrons. The van der Waals surface area contributed by atoms with Crippen LogP contribution in [0.15, 0.2) is 18.2 Å². The van der Waals surface area contributed by atoms with Crippen LogP contribution in [0.4, 0.5) is 5.69 Å². The van der Waals surface area contributed by atoms with Crippen LogP contribution in [-0.2, 0) is 7.05 Å². The third kappa shape index (κ3) is 3.07. The number of nitrogens with one attached hydrogen (secondary N) is 1. The van der Waals surface area contributed by atoms with Crippen molar-refractivity contribution < 1.29 is 0 Å². The molecule has 0 saturated carbocycles. The van der Waals surface area contributed by atoms with Crippen LogP contribution in [0, 0.1) is 6.92 Å². The smallest absolute Gasteiger partial charge is 0.106 e. The first-order chi connectivity index (χ1) is 8.99. The van der Waals surface area contributed by atoms with Crippen LogP contribution in [0.5, 0.6) is 0 Å². The number of anilines is 1. The van der Waals surface area contributed by atoms with Gasteiger partial charge in [0, 0.05) is 38.9 Å². The summed E-state index contributed by atoms with van der Waals surface area (Å²) in [6.07, 6.45) is 0. The molecule has 0 unspecified atom stereocenters. The zero-order valence-electron chi connectivity index (χ0n) is 12.6. The lowest BCUT2D eigenvalue weighted by molar-refractivity contribution is 0.589. The molecule has 0 amide bonds. The molecule has 0 aliphatic rings.